The first-order chi connectivity index (χ1) is 9.47. The highest BCUT2D eigenvalue weighted by Gasteiger charge is 2.44. The molecule has 0 spiro atoms. The predicted octanol–water partition coefficient (Wildman–Crippen LogP) is 1.98. The normalized spacial score (nSPS) is 12.1. The quantitative estimate of drug-likeness (QED) is 0.770. The van der Waals surface area contributed by atoms with Crippen LogP contribution in [0.2, 0.25) is 0 Å². The van der Waals surface area contributed by atoms with E-state index >= 15 is 0 Å². The minimum Gasteiger partial charge on any atom is -0.481 e. The van der Waals surface area contributed by atoms with E-state index in [1.807, 2.05) is 6.92 Å². The van der Waals surface area contributed by atoms with Gasteiger partial charge in [-0.3, -0.25) is 4.79 Å². The molecule has 0 aromatic carbocycles. The van der Waals surface area contributed by atoms with E-state index in [2.05, 4.69) is 15.6 Å². The highest BCUT2D eigenvalue weighted by atomic mass is 16.4. The average Bonchev–Trinajstić information content (AvgIpc) is 2.65. The Labute approximate surface area is 124 Å². The van der Waals surface area contributed by atoms with E-state index in [1.165, 1.54) is 0 Å². The van der Waals surface area contributed by atoms with Crippen LogP contribution in [0.25, 0.3) is 0 Å². The third-order valence-electron chi connectivity index (χ3n) is 4.00. The molecular formula is C14H23N3O4. The van der Waals surface area contributed by atoms with Gasteiger partial charge in [0.1, 0.15) is 5.76 Å². The van der Waals surface area contributed by atoms with Crippen LogP contribution in [0, 0.1) is 19.3 Å². The summed E-state index contributed by atoms with van der Waals surface area (Å²) in [5, 5.41) is 14.5. The Kier molecular flexibility index (Phi) is 4.65. The number of nitrogens with one attached hydrogen (secondary N) is 2. The van der Waals surface area contributed by atoms with Gasteiger partial charge in [0.2, 0.25) is 5.89 Å². The second-order valence-corrected chi connectivity index (χ2v) is 6.11. The molecule has 0 bridgehead atoms. The lowest BCUT2D eigenvalue weighted by Crippen LogP contribution is -2.58. The first-order valence-electron chi connectivity index (χ1n) is 6.69. The number of aryl methyl sites for hydroxylation is 2. The second kappa shape index (κ2) is 5.75. The lowest BCUT2D eigenvalue weighted by atomic mass is 9.74. The van der Waals surface area contributed by atoms with E-state index in [0.717, 1.165) is 5.69 Å². The molecule has 7 nitrogen and oxygen atoms in total. The van der Waals surface area contributed by atoms with Crippen molar-refractivity contribution in [1.29, 1.82) is 0 Å². The number of urea groups is 1. The maximum Gasteiger partial charge on any atom is 0.315 e. The largest absolute Gasteiger partial charge is 0.481 e. The minimum absolute atomic E-state index is 0.143. The highest BCUT2D eigenvalue weighted by Crippen LogP contribution is 2.30. The molecule has 0 radical (unpaired) electrons. The van der Waals surface area contributed by atoms with Crippen LogP contribution in [0.3, 0.4) is 0 Å². The maximum absolute atomic E-state index is 11.9. The smallest absolute Gasteiger partial charge is 0.315 e. The molecule has 0 fully saturated rings. The summed E-state index contributed by atoms with van der Waals surface area (Å²) < 4.78 is 5.35. The van der Waals surface area contributed by atoms with E-state index < -0.39 is 23.0 Å². The van der Waals surface area contributed by atoms with Crippen LogP contribution in [-0.2, 0) is 11.3 Å². The van der Waals surface area contributed by atoms with Crippen molar-refractivity contribution < 1.29 is 19.1 Å². The van der Waals surface area contributed by atoms with Gasteiger partial charge < -0.3 is 20.2 Å². The van der Waals surface area contributed by atoms with Crippen molar-refractivity contribution in [2.75, 3.05) is 0 Å². The fourth-order valence-electron chi connectivity index (χ4n) is 1.52. The molecule has 0 saturated carbocycles. The van der Waals surface area contributed by atoms with E-state index in [4.69, 9.17) is 4.42 Å². The summed E-state index contributed by atoms with van der Waals surface area (Å²) in [5.74, 6) is 0.141. The van der Waals surface area contributed by atoms with Crippen molar-refractivity contribution in [3.05, 3.63) is 17.3 Å². The lowest BCUT2D eigenvalue weighted by molar-refractivity contribution is -0.150. The summed E-state index contributed by atoms with van der Waals surface area (Å²) in [6, 6.07) is -0.470. The summed E-state index contributed by atoms with van der Waals surface area (Å²) in [6.45, 7) is 10.2. The fraction of sp³-hybridized carbons (Fsp3) is 0.643. The average molecular weight is 297 g/mol. The van der Waals surface area contributed by atoms with Gasteiger partial charge in [-0.1, -0.05) is 0 Å². The molecule has 0 saturated heterocycles. The van der Waals surface area contributed by atoms with E-state index in [-0.39, 0.29) is 6.54 Å². The third kappa shape index (κ3) is 3.74. The van der Waals surface area contributed by atoms with Crippen molar-refractivity contribution in [2.24, 2.45) is 5.41 Å². The van der Waals surface area contributed by atoms with Gasteiger partial charge in [0, 0.05) is 0 Å². The summed E-state index contributed by atoms with van der Waals surface area (Å²) in [5.41, 5.74) is -1.26. The fourth-order valence-corrected chi connectivity index (χ4v) is 1.52. The minimum atomic E-state index is -1.11. The van der Waals surface area contributed by atoms with Crippen LogP contribution in [0.1, 0.15) is 45.0 Å². The number of oxazole rings is 1. The number of rotatable bonds is 5. The van der Waals surface area contributed by atoms with E-state index in [1.54, 1.807) is 34.6 Å². The Morgan fingerprint density at radius 3 is 2.24 bits per heavy atom. The zero-order valence-corrected chi connectivity index (χ0v) is 13.3. The van der Waals surface area contributed by atoms with Gasteiger partial charge in [-0.05, 0) is 41.5 Å². The van der Waals surface area contributed by atoms with Gasteiger partial charge in [-0.25, -0.2) is 9.78 Å². The number of aromatic nitrogens is 1. The Balaban J connectivity index is 2.63. The molecule has 3 N–H and O–H groups in total. The SMILES string of the molecule is Cc1nc(CNC(=O)NC(C)(C)C(C)(C)C(=O)O)oc1C. The summed E-state index contributed by atoms with van der Waals surface area (Å²) >= 11 is 0. The summed E-state index contributed by atoms with van der Waals surface area (Å²) in [4.78, 5) is 27.3. The molecule has 1 rings (SSSR count). The number of aliphatic carboxylic acids is 1. The number of hydrogen-bond acceptors (Lipinski definition) is 4. The number of carbonyl (C=O) groups excluding carboxylic acids is 1. The Hall–Kier alpha value is -2.05. The van der Waals surface area contributed by atoms with Crippen LogP contribution in [0.5, 0.6) is 0 Å². The number of carbonyl (C=O) groups is 2. The van der Waals surface area contributed by atoms with E-state index in [0.29, 0.717) is 11.7 Å². The number of carboxylic acids is 1. The van der Waals surface area contributed by atoms with Crippen LogP contribution < -0.4 is 10.6 Å². The molecular weight excluding hydrogens is 274 g/mol. The Bertz CT molecular complexity index is 527. The molecule has 0 aliphatic heterocycles. The van der Waals surface area contributed by atoms with Crippen molar-refractivity contribution in [2.45, 2.75) is 53.6 Å². The monoisotopic (exact) mass is 297 g/mol. The Morgan fingerprint density at radius 2 is 1.81 bits per heavy atom. The molecule has 0 aliphatic carbocycles. The molecule has 21 heavy (non-hydrogen) atoms. The first-order valence-corrected chi connectivity index (χ1v) is 6.69. The maximum atomic E-state index is 11.9. The molecule has 1 aromatic rings. The molecule has 0 unspecified atom stereocenters. The van der Waals surface area contributed by atoms with E-state index in [9.17, 15) is 14.7 Å². The molecule has 7 heteroatoms. The lowest BCUT2D eigenvalue weighted by Gasteiger charge is -2.38. The molecule has 118 valence electrons. The topological polar surface area (TPSA) is 104 Å². The number of nitrogens with zero attached hydrogens (tertiary/aromatic N) is 1. The molecule has 1 heterocycles. The molecule has 1 aromatic heterocycles. The Morgan fingerprint density at radius 1 is 1.24 bits per heavy atom. The zero-order valence-electron chi connectivity index (χ0n) is 13.3. The van der Waals surface area contributed by atoms with Crippen LogP contribution >= 0.6 is 0 Å². The second-order valence-electron chi connectivity index (χ2n) is 6.11. The van der Waals surface area contributed by atoms with Crippen molar-refractivity contribution >= 4 is 12.0 Å². The van der Waals surface area contributed by atoms with Gasteiger partial charge >= 0.3 is 12.0 Å². The summed E-state index contributed by atoms with van der Waals surface area (Å²) in [7, 11) is 0. The zero-order chi connectivity index (χ0) is 16.4. The first kappa shape index (κ1) is 17.0. The van der Waals surface area contributed by atoms with Gasteiger partial charge in [-0.15, -0.1) is 0 Å². The molecule has 0 atom stereocenters. The number of carboxylic acid groups (broad SMARTS) is 1. The van der Waals surface area contributed by atoms with Gasteiger partial charge in [0.15, 0.2) is 0 Å². The van der Waals surface area contributed by atoms with Gasteiger partial charge in [0.05, 0.1) is 23.2 Å². The standard InChI is InChI=1S/C14H23N3O4/c1-8-9(2)21-10(16-8)7-15-12(20)17-14(5,6)13(3,4)11(18)19/h7H2,1-6H3,(H,18,19)(H2,15,17,20). The highest BCUT2D eigenvalue weighted by molar-refractivity contribution is 5.79. The van der Waals surface area contributed by atoms with Crippen LogP contribution in [-0.4, -0.2) is 27.6 Å². The van der Waals surface area contributed by atoms with Gasteiger partial charge in [0.25, 0.3) is 0 Å². The van der Waals surface area contributed by atoms with Crippen molar-refractivity contribution in [3.63, 3.8) is 0 Å². The molecule has 0 aliphatic rings. The number of amides is 2. The molecule has 2 amide bonds. The van der Waals surface area contributed by atoms with Crippen molar-refractivity contribution in [3.8, 4) is 0 Å². The van der Waals surface area contributed by atoms with Crippen LogP contribution in [0.15, 0.2) is 4.42 Å². The van der Waals surface area contributed by atoms with Crippen LogP contribution in [0.4, 0.5) is 4.79 Å². The van der Waals surface area contributed by atoms with Crippen molar-refractivity contribution in [1.82, 2.24) is 15.6 Å². The number of hydrogen-bond donors (Lipinski definition) is 3. The van der Waals surface area contributed by atoms with Gasteiger partial charge in [-0.2, -0.15) is 0 Å². The predicted molar refractivity (Wildman–Crippen MR) is 76.8 cm³/mol. The third-order valence-corrected chi connectivity index (χ3v) is 4.00. The summed E-state index contributed by atoms with van der Waals surface area (Å²) in [6.07, 6.45) is 0.